The van der Waals surface area contributed by atoms with E-state index in [1.807, 2.05) is 25.3 Å². The number of carbonyl (C=O) groups is 2. The summed E-state index contributed by atoms with van der Waals surface area (Å²) in [6, 6.07) is 1.86. The van der Waals surface area contributed by atoms with Crippen LogP contribution in [0.4, 0.5) is 4.79 Å². The van der Waals surface area contributed by atoms with Crippen LogP contribution in [0.15, 0.2) is 17.5 Å². The quantitative estimate of drug-likeness (QED) is 0.815. The van der Waals surface area contributed by atoms with Crippen molar-refractivity contribution in [3.05, 3.63) is 28.0 Å². The highest BCUT2D eigenvalue weighted by atomic mass is 32.1. The molecule has 0 aliphatic heterocycles. The van der Waals surface area contributed by atoms with Crippen LogP contribution in [0.25, 0.3) is 6.08 Å². The lowest BCUT2D eigenvalue weighted by atomic mass is 10.3. The maximum atomic E-state index is 11.7. The standard InChI is InChI=1S/C13H18N2O3S/c1-9(2)14-13(18)15(3)7-10-6-11(19-8-10)4-5-12(16)17/h4-6,8-9H,7H2,1-3H3,(H,14,18)(H,16,17). The first-order valence-corrected chi connectivity index (χ1v) is 6.76. The van der Waals surface area contributed by atoms with Crippen molar-refractivity contribution in [2.75, 3.05) is 7.05 Å². The van der Waals surface area contributed by atoms with Gasteiger partial charge in [-0.2, -0.15) is 0 Å². The molecule has 0 aromatic carbocycles. The van der Waals surface area contributed by atoms with Gasteiger partial charge in [0.25, 0.3) is 0 Å². The number of carboxylic acids is 1. The van der Waals surface area contributed by atoms with E-state index in [2.05, 4.69) is 5.32 Å². The second kappa shape index (κ2) is 6.94. The molecule has 0 atom stereocenters. The zero-order chi connectivity index (χ0) is 14.4. The summed E-state index contributed by atoms with van der Waals surface area (Å²) in [5, 5.41) is 13.3. The molecule has 2 amide bonds. The van der Waals surface area contributed by atoms with Gasteiger partial charge in [0.2, 0.25) is 0 Å². The lowest BCUT2D eigenvalue weighted by Gasteiger charge is -2.19. The van der Waals surface area contributed by atoms with Crippen molar-refractivity contribution in [2.45, 2.75) is 26.4 Å². The number of aliphatic carboxylic acids is 1. The molecule has 0 radical (unpaired) electrons. The Morgan fingerprint density at radius 2 is 2.21 bits per heavy atom. The fourth-order valence-corrected chi connectivity index (χ4v) is 2.22. The fourth-order valence-electron chi connectivity index (χ4n) is 1.42. The van der Waals surface area contributed by atoms with Gasteiger partial charge in [-0.3, -0.25) is 0 Å². The molecule has 0 fully saturated rings. The number of nitrogens with zero attached hydrogens (tertiary/aromatic N) is 1. The van der Waals surface area contributed by atoms with Crippen molar-refractivity contribution in [3.8, 4) is 0 Å². The van der Waals surface area contributed by atoms with Crippen molar-refractivity contribution in [3.63, 3.8) is 0 Å². The summed E-state index contributed by atoms with van der Waals surface area (Å²) in [5.74, 6) is -0.969. The first kappa shape index (κ1) is 15.2. The molecule has 1 aromatic heterocycles. The summed E-state index contributed by atoms with van der Waals surface area (Å²) >= 11 is 1.45. The third-order valence-electron chi connectivity index (χ3n) is 2.24. The molecule has 0 unspecified atom stereocenters. The molecule has 1 rings (SSSR count). The molecule has 0 saturated heterocycles. The highest BCUT2D eigenvalue weighted by molar-refractivity contribution is 7.11. The third-order valence-corrected chi connectivity index (χ3v) is 3.19. The van der Waals surface area contributed by atoms with Gasteiger partial charge in [-0.05, 0) is 36.9 Å². The highest BCUT2D eigenvalue weighted by Gasteiger charge is 2.10. The van der Waals surface area contributed by atoms with E-state index in [-0.39, 0.29) is 12.1 Å². The molecular weight excluding hydrogens is 264 g/mol. The minimum absolute atomic E-state index is 0.103. The van der Waals surface area contributed by atoms with Crippen LogP contribution in [0.5, 0.6) is 0 Å². The van der Waals surface area contributed by atoms with Crippen molar-refractivity contribution in [1.82, 2.24) is 10.2 Å². The van der Waals surface area contributed by atoms with E-state index >= 15 is 0 Å². The minimum Gasteiger partial charge on any atom is -0.478 e. The van der Waals surface area contributed by atoms with E-state index < -0.39 is 5.97 Å². The van der Waals surface area contributed by atoms with E-state index in [4.69, 9.17) is 5.11 Å². The normalized spacial score (nSPS) is 10.9. The summed E-state index contributed by atoms with van der Waals surface area (Å²) in [4.78, 5) is 24.6. The van der Waals surface area contributed by atoms with Crippen LogP contribution in [0.1, 0.15) is 24.3 Å². The summed E-state index contributed by atoms with van der Waals surface area (Å²) in [6.45, 7) is 4.31. The number of carbonyl (C=O) groups excluding carboxylic acids is 1. The van der Waals surface area contributed by atoms with Gasteiger partial charge in [0.05, 0.1) is 0 Å². The molecule has 104 valence electrons. The molecule has 0 spiro atoms. The van der Waals surface area contributed by atoms with E-state index in [0.29, 0.717) is 6.54 Å². The van der Waals surface area contributed by atoms with E-state index in [1.54, 1.807) is 18.0 Å². The Labute approximate surface area is 116 Å². The monoisotopic (exact) mass is 282 g/mol. The topological polar surface area (TPSA) is 69.6 Å². The lowest BCUT2D eigenvalue weighted by Crippen LogP contribution is -2.40. The van der Waals surface area contributed by atoms with Crippen LogP contribution in [-0.2, 0) is 11.3 Å². The van der Waals surface area contributed by atoms with Crippen LogP contribution in [0.2, 0.25) is 0 Å². The Hall–Kier alpha value is -1.82. The number of rotatable bonds is 5. The molecule has 19 heavy (non-hydrogen) atoms. The molecule has 0 aliphatic carbocycles. The largest absolute Gasteiger partial charge is 0.478 e. The van der Waals surface area contributed by atoms with E-state index in [1.165, 1.54) is 11.3 Å². The Balaban J connectivity index is 2.58. The zero-order valence-corrected chi connectivity index (χ0v) is 12.0. The summed E-state index contributed by atoms with van der Waals surface area (Å²) in [7, 11) is 1.72. The van der Waals surface area contributed by atoms with Gasteiger partial charge in [0, 0.05) is 30.6 Å². The maximum absolute atomic E-state index is 11.7. The number of hydrogen-bond acceptors (Lipinski definition) is 3. The Bertz CT molecular complexity index is 480. The number of thiophene rings is 1. The van der Waals surface area contributed by atoms with Crippen LogP contribution in [0, 0.1) is 0 Å². The molecule has 2 N–H and O–H groups in total. The maximum Gasteiger partial charge on any atom is 0.328 e. The second-order valence-electron chi connectivity index (χ2n) is 4.49. The molecular formula is C13H18N2O3S. The smallest absolute Gasteiger partial charge is 0.328 e. The van der Waals surface area contributed by atoms with Crippen LogP contribution < -0.4 is 5.32 Å². The predicted octanol–water partition coefficient (Wildman–Crippen LogP) is 2.40. The van der Waals surface area contributed by atoms with Gasteiger partial charge in [-0.25, -0.2) is 9.59 Å². The molecule has 1 aromatic rings. The van der Waals surface area contributed by atoms with Crippen molar-refractivity contribution in [2.24, 2.45) is 0 Å². The molecule has 5 nitrogen and oxygen atoms in total. The Morgan fingerprint density at radius 1 is 1.53 bits per heavy atom. The first-order valence-electron chi connectivity index (χ1n) is 5.88. The van der Waals surface area contributed by atoms with Crippen LogP contribution in [0.3, 0.4) is 0 Å². The molecule has 0 aliphatic rings. The Kier molecular flexibility index (Phi) is 5.57. The first-order chi connectivity index (χ1) is 8.88. The highest BCUT2D eigenvalue weighted by Crippen LogP contribution is 2.17. The molecule has 6 heteroatoms. The van der Waals surface area contributed by atoms with Gasteiger partial charge in [0.1, 0.15) is 0 Å². The van der Waals surface area contributed by atoms with Gasteiger partial charge >= 0.3 is 12.0 Å². The SMILES string of the molecule is CC(C)NC(=O)N(C)Cc1csc(C=CC(=O)O)c1. The van der Waals surface area contributed by atoms with Gasteiger partial charge < -0.3 is 15.3 Å². The zero-order valence-electron chi connectivity index (χ0n) is 11.2. The van der Waals surface area contributed by atoms with Gasteiger partial charge in [-0.15, -0.1) is 11.3 Å². The molecule has 0 saturated carbocycles. The van der Waals surface area contributed by atoms with Crippen LogP contribution in [-0.4, -0.2) is 35.1 Å². The van der Waals surface area contributed by atoms with Crippen LogP contribution >= 0.6 is 11.3 Å². The second-order valence-corrected chi connectivity index (χ2v) is 5.43. The van der Waals surface area contributed by atoms with Crippen molar-refractivity contribution in [1.29, 1.82) is 0 Å². The summed E-state index contributed by atoms with van der Waals surface area (Å²) < 4.78 is 0. The van der Waals surface area contributed by atoms with Crippen molar-refractivity contribution >= 4 is 29.4 Å². The Morgan fingerprint density at radius 3 is 2.79 bits per heavy atom. The fraction of sp³-hybridized carbons (Fsp3) is 0.385. The summed E-state index contributed by atoms with van der Waals surface area (Å²) in [5.41, 5.74) is 0.983. The van der Waals surface area contributed by atoms with E-state index in [9.17, 15) is 9.59 Å². The molecule has 0 bridgehead atoms. The average Bonchev–Trinajstić information content (AvgIpc) is 2.73. The van der Waals surface area contributed by atoms with Gasteiger partial charge in [-0.1, -0.05) is 0 Å². The number of urea groups is 1. The summed E-state index contributed by atoms with van der Waals surface area (Å²) in [6.07, 6.45) is 2.65. The van der Waals surface area contributed by atoms with E-state index in [0.717, 1.165) is 16.5 Å². The molecule has 1 heterocycles. The minimum atomic E-state index is -0.969. The average molecular weight is 282 g/mol. The number of nitrogens with one attached hydrogen (secondary N) is 1. The predicted molar refractivity (Wildman–Crippen MR) is 76.1 cm³/mol. The van der Waals surface area contributed by atoms with Crippen molar-refractivity contribution < 1.29 is 14.7 Å². The number of amides is 2. The lowest BCUT2D eigenvalue weighted by molar-refractivity contribution is -0.131. The number of hydrogen-bond donors (Lipinski definition) is 2. The number of carboxylic acid groups (broad SMARTS) is 1. The third kappa shape index (κ3) is 5.56. The van der Waals surface area contributed by atoms with Gasteiger partial charge in [0.15, 0.2) is 0 Å².